The van der Waals surface area contributed by atoms with Crippen LogP contribution in [0, 0.1) is 11.6 Å². The second-order valence-corrected chi connectivity index (χ2v) is 217. The van der Waals surface area contributed by atoms with Gasteiger partial charge in [0.15, 0.2) is 0 Å². The molecule has 2 saturated heterocycles. The molecule has 4 aromatic heterocycles. The zero-order valence-electron chi connectivity index (χ0n) is 45.9. The summed E-state index contributed by atoms with van der Waals surface area (Å²) >= 11 is 29.6. The summed E-state index contributed by atoms with van der Waals surface area (Å²) in [5, 5.41) is 20.3. The van der Waals surface area contributed by atoms with Gasteiger partial charge in [0.1, 0.15) is 34.5 Å². The van der Waals surface area contributed by atoms with Gasteiger partial charge in [0.2, 0.25) is 0 Å². The fraction of sp³-hybridized carbons (Fsp3) is 0.390. The Morgan fingerprint density at radius 2 is 1.01 bits per heavy atom. The minimum absolute atomic E-state index is 0. The predicted molar refractivity (Wildman–Crippen MR) is 440 cm³/mol. The minimum atomic E-state index is -0.912. The summed E-state index contributed by atoms with van der Waals surface area (Å²) in [5.41, 5.74) is 8.73. The van der Waals surface area contributed by atoms with Crippen LogP contribution in [-0.2, 0) is 31.7 Å². The van der Waals surface area contributed by atoms with Gasteiger partial charge in [-0.25, -0.2) is 18.4 Å². The molecule has 2 saturated carbocycles. The number of piperazine rings is 2. The number of methoxy groups -OCH3 is 1. The van der Waals surface area contributed by atoms with E-state index in [-0.39, 0.29) is 64.0 Å². The number of rotatable bonds is 17. The van der Waals surface area contributed by atoms with Crippen molar-refractivity contribution in [3.05, 3.63) is 141 Å². The van der Waals surface area contributed by atoms with E-state index in [2.05, 4.69) is 160 Å². The molecular weight excluding hydrogens is 2290 g/mol. The Kier molecular flexibility index (Phi) is 28.3. The number of aromatic nitrogens is 4. The first-order valence-corrected chi connectivity index (χ1v) is 84.3. The summed E-state index contributed by atoms with van der Waals surface area (Å²) in [6.45, 7) is 8.81. The van der Waals surface area contributed by atoms with Crippen molar-refractivity contribution >= 4 is 212 Å². The number of ether oxygens (including phenoxy) is 1. The normalized spacial score (nSPS) is 16.1. The molecule has 87 heavy (non-hydrogen) atoms. The van der Waals surface area contributed by atoms with Crippen LogP contribution in [0.2, 0.25) is 10.0 Å². The number of carbonyl (C=O) groups is 2. The molecule has 14 nitrogen and oxygen atoms in total. The fourth-order valence-electron chi connectivity index (χ4n) is 10.9. The monoisotopic (exact) mass is 2360 g/mol. The molecule has 476 valence electrons. The maximum absolute atomic E-state index is 14.7. The zero-order chi connectivity index (χ0) is 60.4. The standard InChI is InChI=1S/C29H30ClFN4O3.C28H28ClFN4O3.2CH4.I10/c1-33-17-22(29(36)37-2)20-9-8-19(16-25(20)33)35-14-12-34(13-15-35)11-10-21-27(32-38-28(21)18-6-7-18)26-23(30)4-3-5-24(26)31;1-32-16-21(28(35)36)19-8-7-18(15-24(19)32)34-13-11-33(12-14-34)10-9-20-26(31-37-27(20)17-5-6-17)25-22(29)3-2-4-23(25)30;;;1-7(2)9(5)10(6)8(3)4/h3-5,8-9,16-18H,6-7,10-15H2,1-2H3;2-4,7-8,15-17H,5-6,9-14H2,1H3,(H,35,36);2*1H4;. The van der Waals surface area contributed by atoms with Crippen LogP contribution in [0.25, 0.3) is 44.3 Å². The van der Waals surface area contributed by atoms with Gasteiger partial charge in [0.05, 0.1) is 50.4 Å². The van der Waals surface area contributed by atoms with E-state index < -0.39 is 5.97 Å². The van der Waals surface area contributed by atoms with Gasteiger partial charge in [-0.05, 0) is 99.2 Å². The number of halogens is 14. The van der Waals surface area contributed by atoms with Crippen LogP contribution in [0.3, 0.4) is 0 Å². The van der Waals surface area contributed by atoms with E-state index in [1.165, 1.54) is 19.2 Å². The van der Waals surface area contributed by atoms with Gasteiger partial charge in [-0.15, -0.1) is 0 Å². The quantitative estimate of drug-likeness (QED) is 0.0686. The average molecular weight is 2360 g/mol. The van der Waals surface area contributed by atoms with Crippen molar-refractivity contribution in [2.24, 2.45) is 14.1 Å². The molecule has 2 aliphatic carbocycles. The Morgan fingerprint density at radius 3 is 1.37 bits per heavy atom. The van der Waals surface area contributed by atoms with Gasteiger partial charge in [0.25, 0.3) is 0 Å². The van der Waals surface area contributed by atoms with Crippen LogP contribution in [0.5, 0.6) is 0 Å². The molecule has 12 rings (SSSR count). The third-order valence-corrected chi connectivity index (χ3v) is 512. The predicted octanol–water partition coefficient (Wildman–Crippen LogP) is 21.3. The van der Waals surface area contributed by atoms with E-state index in [4.69, 9.17) is 37.0 Å². The number of carboxylic acids is 1. The number of esters is 1. The van der Waals surface area contributed by atoms with Crippen molar-refractivity contribution < 1.29 is 37.3 Å². The molecule has 0 spiro atoms. The molecule has 4 aliphatic rings. The summed E-state index contributed by atoms with van der Waals surface area (Å²) in [5.74, 6) is 0.513. The van der Waals surface area contributed by atoms with E-state index >= 15 is 0 Å². The molecule has 0 amide bonds. The van der Waals surface area contributed by atoms with Crippen molar-refractivity contribution in [2.45, 2.75) is 65.2 Å². The number of anilines is 2. The maximum atomic E-state index is 14.7. The van der Waals surface area contributed by atoms with Crippen LogP contribution in [0.4, 0.5) is 20.2 Å². The molecule has 8 aromatic rings. The molecular formula is C59H66Cl2F2I10N8O6. The number of carboxylic acid groups (broad SMARTS) is 1. The van der Waals surface area contributed by atoms with Gasteiger partial charge in [-0.3, -0.25) is 9.80 Å². The molecule has 28 heteroatoms. The van der Waals surface area contributed by atoms with E-state index in [9.17, 15) is 23.5 Å². The number of aromatic carboxylic acids is 1. The number of benzene rings is 4. The summed E-state index contributed by atoms with van der Waals surface area (Å²) in [6.07, 6.45) is 9.26. The van der Waals surface area contributed by atoms with Crippen molar-refractivity contribution in [1.82, 2.24) is 29.2 Å². The summed E-state index contributed by atoms with van der Waals surface area (Å²) < 4.78 is 49.6. The topological polar surface area (TPSA) is 138 Å². The van der Waals surface area contributed by atoms with Gasteiger partial charge in [0, 0.05) is 137 Å². The van der Waals surface area contributed by atoms with E-state index in [1.54, 1.807) is 30.5 Å². The molecule has 0 unspecified atom stereocenters. The first-order chi connectivity index (χ1) is 40.8. The molecule has 0 bridgehead atoms. The van der Waals surface area contributed by atoms with Gasteiger partial charge in [-0.1, -0.05) is 60.5 Å². The third kappa shape index (κ3) is 17.8. The first kappa shape index (κ1) is 73.4. The second-order valence-electron chi connectivity index (χ2n) is 20.8. The van der Waals surface area contributed by atoms with Crippen LogP contribution in [0.15, 0.2) is 94.2 Å². The third-order valence-electron chi connectivity index (χ3n) is 15.6. The number of nitrogens with zero attached hydrogens (tertiary/aromatic N) is 8. The molecule has 1 N–H and O–H groups in total. The summed E-state index contributed by atoms with van der Waals surface area (Å²) in [7, 11) is 3.92. The number of hydrogen-bond acceptors (Lipinski definition) is 11. The van der Waals surface area contributed by atoms with E-state index in [0.717, 1.165) is 160 Å². The summed E-state index contributed by atoms with van der Waals surface area (Å²) in [4.78, 5) is 33.2. The van der Waals surface area contributed by atoms with Crippen molar-refractivity contribution in [3.8, 4) is 22.5 Å². The van der Waals surface area contributed by atoms with Gasteiger partial charge >= 0.3 is 155 Å². The molecule has 4 aromatic carbocycles. The Bertz CT molecular complexity index is 3650. The van der Waals surface area contributed by atoms with Gasteiger partial charge < -0.3 is 37.8 Å². The molecule has 0 atom stereocenters. The van der Waals surface area contributed by atoms with E-state index in [1.807, 2.05) is 47.6 Å². The molecule has 6 heterocycles. The SMILES string of the molecule is C.C.COC(=O)c1cn(C)c2cc(N3CCN(CCc4c(-c5c(F)cccc5Cl)noc4C4CC4)CC3)ccc12.Cn1cc(C(=O)O)c2ccc(N3CCN(CCc4c(-c5c(F)cccc5Cl)noc4C4CC4)CC3)cc21.II(I)I(I)I(I)I(I)I. The Morgan fingerprint density at radius 1 is 0.621 bits per heavy atom. The number of aryl methyl sites for hydroxylation is 2. The Hall–Kier alpha value is 0.580. The van der Waals surface area contributed by atoms with Crippen LogP contribution in [-0.4, -0.2) is 119 Å². The van der Waals surface area contributed by atoms with Crippen LogP contribution >= 0.6 is 166 Å². The van der Waals surface area contributed by atoms with Gasteiger partial charge in [-0.2, -0.15) is 0 Å². The average Bonchev–Trinajstić information content (AvgIpc) is 1.90. The van der Waals surface area contributed by atoms with Crippen molar-refractivity contribution in [3.63, 3.8) is 0 Å². The zero-order valence-corrected chi connectivity index (χ0v) is 69.0. The Labute approximate surface area is 592 Å². The first-order valence-electron chi connectivity index (χ1n) is 26.9. The van der Waals surface area contributed by atoms with Crippen LogP contribution < -0.4 is 9.80 Å². The number of hydrogen-bond donors (Lipinski definition) is 1. The second kappa shape index (κ2) is 33.5. The fourth-order valence-corrected chi connectivity index (χ4v) is 850. The molecule has 2 aliphatic heterocycles. The van der Waals surface area contributed by atoms with Crippen molar-refractivity contribution in [2.75, 3.05) is 82.4 Å². The molecule has 0 radical (unpaired) electrons. The van der Waals surface area contributed by atoms with Crippen LogP contribution in [0.1, 0.15) is 95.7 Å². The summed E-state index contributed by atoms with van der Waals surface area (Å²) in [6, 6.07) is 21.6. The molecule has 4 fully saturated rings. The van der Waals surface area contributed by atoms with E-state index in [0.29, 0.717) is 55.5 Å². The number of carbonyl (C=O) groups excluding carboxylic acids is 1. The number of fused-ring (bicyclic) bond motifs is 2. The Balaban J connectivity index is 0.000000192. The van der Waals surface area contributed by atoms with Crippen molar-refractivity contribution in [1.29, 1.82) is 0 Å².